The van der Waals surface area contributed by atoms with Crippen LogP contribution >= 0.6 is 15.9 Å². The van der Waals surface area contributed by atoms with Crippen LogP contribution in [0.25, 0.3) is 0 Å². The fraction of sp³-hybridized carbons (Fsp3) is 0.417. The Labute approximate surface area is 103 Å². The molecule has 0 spiro atoms. The highest BCUT2D eigenvalue weighted by atomic mass is 79.9. The summed E-state index contributed by atoms with van der Waals surface area (Å²) in [4.78, 5) is 13.8. The Balaban J connectivity index is 2.27. The maximum absolute atomic E-state index is 13.6. The van der Waals surface area contributed by atoms with E-state index in [1.807, 2.05) is 0 Å². The topological polar surface area (TPSA) is 20.3 Å². The monoisotopic (exact) mass is 285 g/mol. The third kappa shape index (κ3) is 2.12. The summed E-state index contributed by atoms with van der Waals surface area (Å²) >= 11 is 3.22. The van der Waals surface area contributed by atoms with Crippen molar-refractivity contribution in [1.29, 1.82) is 0 Å². The van der Waals surface area contributed by atoms with Crippen molar-refractivity contribution in [3.05, 3.63) is 34.1 Å². The molecule has 1 aliphatic heterocycles. The molecule has 1 saturated heterocycles. The Kier molecular flexibility index (Phi) is 3.28. The minimum Gasteiger partial charge on any atom is -0.338 e. The van der Waals surface area contributed by atoms with Gasteiger partial charge in [0.15, 0.2) is 0 Å². The number of carbonyl (C=O) groups is 1. The first-order valence-corrected chi connectivity index (χ1v) is 6.12. The largest absolute Gasteiger partial charge is 0.338 e. The lowest BCUT2D eigenvalue weighted by molar-refractivity contribution is 0.0782. The summed E-state index contributed by atoms with van der Waals surface area (Å²) < 4.78 is 14.1. The van der Waals surface area contributed by atoms with Crippen LogP contribution in [0.15, 0.2) is 22.7 Å². The van der Waals surface area contributed by atoms with E-state index in [-0.39, 0.29) is 11.5 Å². The van der Waals surface area contributed by atoms with Crippen LogP contribution < -0.4 is 0 Å². The van der Waals surface area contributed by atoms with Gasteiger partial charge in [-0.1, -0.05) is 13.0 Å². The molecule has 1 aromatic rings. The van der Waals surface area contributed by atoms with Gasteiger partial charge in [-0.05, 0) is 40.4 Å². The molecule has 0 radical (unpaired) electrons. The van der Waals surface area contributed by atoms with Crippen molar-refractivity contribution in [1.82, 2.24) is 4.90 Å². The fourth-order valence-corrected chi connectivity index (χ4v) is 2.49. The van der Waals surface area contributed by atoms with Gasteiger partial charge < -0.3 is 4.90 Å². The van der Waals surface area contributed by atoms with Crippen molar-refractivity contribution < 1.29 is 9.18 Å². The first-order chi connectivity index (χ1) is 7.59. The molecule has 1 aliphatic rings. The number of hydrogen-bond donors (Lipinski definition) is 0. The lowest BCUT2D eigenvalue weighted by atomic mass is 10.1. The van der Waals surface area contributed by atoms with Gasteiger partial charge in [0.2, 0.25) is 0 Å². The average molecular weight is 286 g/mol. The third-order valence-electron chi connectivity index (χ3n) is 2.89. The molecule has 1 fully saturated rings. The van der Waals surface area contributed by atoms with E-state index in [1.165, 1.54) is 6.07 Å². The van der Waals surface area contributed by atoms with Gasteiger partial charge in [-0.25, -0.2) is 4.39 Å². The number of carbonyl (C=O) groups excluding carboxylic acids is 1. The van der Waals surface area contributed by atoms with Gasteiger partial charge >= 0.3 is 0 Å². The summed E-state index contributed by atoms with van der Waals surface area (Å²) in [5.41, 5.74) is 0.150. The van der Waals surface area contributed by atoms with Crippen molar-refractivity contribution in [3.8, 4) is 0 Å². The van der Waals surface area contributed by atoms with E-state index in [1.54, 1.807) is 17.0 Å². The van der Waals surface area contributed by atoms with E-state index in [4.69, 9.17) is 0 Å². The number of benzene rings is 1. The minimum absolute atomic E-state index is 0.150. The molecule has 0 bridgehead atoms. The lowest BCUT2D eigenvalue weighted by Gasteiger charge is -2.17. The Morgan fingerprint density at radius 3 is 2.88 bits per heavy atom. The lowest BCUT2D eigenvalue weighted by Crippen LogP contribution is -2.29. The molecule has 1 amide bonds. The third-order valence-corrected chi connectivity index (χ3v) is 3.55. The SMILES string of the molecule is CC1CCN(C(=O)c2c(F)cccc2Br)C1. The van der Waals surface area contributed by atoms with Gasteiger partial charge in [-0.2, -0.15) is 0 Å². The molecule has 1 unspecified atom stereocenters. The quantitative estimate of drug-likeness (QED) is 0.777. The maximum atomic E-state index is 13.6. The fourth-order valence-electron chi connectivity index (χ4n) is 1.98. The van der Waals surface area contributed by atoms with E-state index in [0.717, 1.165) is 19.5 Å². The first-order valence-electron chi connectivity index (χ1n) is 5.33. The van der Waals surface area contributed by atoms with Gasteiger partial charge in [0.1, 0.15) is 5.82 Å². The van der Waals surface area contributed by atoms with E-state index in [2.05, 4.69) is 22.9 Å². The van der Waals surface area contributed by atoms with Crippen molar-refractivity contribution in [3.63, 3.8) is 0 Å². The second kappa shape index (κ2) is 4.53. The van der Waals surface area contributed by atoms with Crippen LogP contribution in [0.3, 0.4) is 0 Å². The Bertz CT molecular complexity index is 401. The van der Waals surface area contributed by atoms with E-state index in [9.17, 15) is 9.18 Å². The van der Waals surface area contributed by atoms with Crippen LogP contribution in [0.5, 0.6) is 0 Å². The van der Waals surface area contributed by atoms with Crippen LogP contribution in [-0.4, -0.2) is 23.9 Å². The molecule has 16 heavy (non-hydrogen) atoms. The van der Waals surface area contributed by atoms with Gasteiger partial charge in [0.25, 0.3) is 5.91 Å². The van der Waals surface area contributed by atoms with Crippen molar-refractivity contribution in [2.45, 2.75) is 13.3 Å². The smallest absolute Gasteiger partial charge is 0.257 e. The van der Waals surface area contributed by atoms with Gasteiger partial charge in [0.05, 0.1) is 5.56 Å². The Morgan fingerprint density at radius 2 is 2.31 bits per heavy atom. The van der Waals surface area contributed by atoms with Crippen molar-refractivity contribution in [2.24, 2.45) is 5.92 Å². The molecule has 86 valence electrons. The molecule has 0 aromatic heterocycles. The summed E-state index contributed by atoms with van der Waals surface area (Å²) in [6, 6.07) is 4.59. The highest BCUT2D eigenvalue weighted by Gasteiger charge is 2.27. The minimum atomic E-state index is -0.459. The van der Waals surface area contributed by atoms with E-state index >= 15 is 0 Å². The van der Waals surface area contributed by atoms with E-state index < -0.39 is 5.82 Å². The van der Waals surface area contributed by atoms with Gasteiger partial charge in [-0.15, -0.1) is 0 Å². The molecule has 2 rings (SSSR count). The maximum Gasteiger partial charge on any atom is 0.257 e. The molecule has 4 heteroatoms. The van der Waals surface area contributed by atoms with Gasteiger partial charge in [0, 0.05) is 17.6 Å². The van der Waals surface area contributed by atoms with Crippen LogP contribution in [0, 0.1) is 11.7 Å². The highest BCUT2D eigenvalue weighted by Crippen LogP contribution is 2.24. The number of halogens is 2. The Morgan fingerprint density at radius 1 is 1.56 bits per heavy atom. The summed E-state index contributed by atoms with van der Waals surface area (Å²) in [7, 11) is 0. The molecule has 0 N–H and O–H groups in total. The number of rotatable bonds is 1. The number of nitrogens with zero attached hydrogens (tertiary/aromatic N) is 1. The first kappa shape index (κ1) is 11.6. The van der Waals surface area contributed by atoms with Gasteiger partial charge in [-0.3, -0.25) is 4.79 Å². The van der Waals surface area contributed by atoms with Crippen LogP contribution in [0.1, 0.15) is 23.7 Å². The second-order valence-corrected chi connectivity index (χ2v) is 5.10. The summed E-state index contributed by atoms with van der Waals surface area (Å²) in [5, 5.41) is 0. The molecule has 0 aliphatic carbocycles. The normalized spacial score (nSPS) is 20.2. The average Bonchev–Trinajstić information content (AvgIpc) is 2.64. The summed E-state index contributed by atoms with van der Waals surface area (Å²) in [6.07, 6.45) is 0.998. The van der Waals surface area contributed by atoms with Crippen molar-refractivity contribution >= 4 is 21.8 Å². The standard InChI is InChI=1S/C12H13BrFNO/c1-8-5-6-15(7-8)12(16)11-9(13)3-2-4-10(11)14/h2-4,8H,5-7H2,1H3. The van der Waals surface area contributed by atoms with Crippen LogP contribution in [-0.2, 0) is 0 Å². The Hall–Kier alpha value is -0.900. The molecule has 2 nitrogen and oxygen atoms in total. The number of likely N-dealkylation sites (tertiary alicyclic amines) is 1. The zero-order valence-electron chi connectivity index (χ0n) is 9.04. The predicted molar refractivity (Wildman–Crippen MR) is 63.8 cm³/mol. The predicted octanol–water partition coefficient (Wildman–Crippen LogP) is 3.07. The molecule has 1 aromatic carbocycles. The zero-order chi connectivity index (χ0) is 11.7. The van der Waals surface area contributed by atoms with E-state index in [0.29, 0.717) is 10.4 Å². The number of hydrogen-bond acceptors (Lipinski definition) is 1. The highest BCUT2D eigenvalue weighted by molar-refractivity contribution is 9.10. The zero-order valence-corrected chi connectivity index (χ0v) is 10.6. The molecule has 0 saturated carbocycles. The van der Waals surface area contributed by atoms with Crippen LogP contribution in [0.2, 0.25) is 0 Å². The van der Waals surface area contributed by atoms with Crippen molar-refractivity contribution in [2.75, 3.05) is 13.1 Å². The molecule has 1 atom stereocenters. The van der Waals surface area contributed by atoms with Crippen LogP contribution in [0.4, 0.5) is 4.39 Å². The molecular formula is C12H13BrFNO. The summed E-state index contributed by atoms with van der Waals surface area (Å²) in [5.74, 6) is -0.164. The molecular weight excluding hydrogens is 273 g/mol. The molecule has 1 heterocycles. The number of amides is 1. The second-order valence-electron chi connectivity index (χ2n) is 4.24. The summed E-state index contributed by atoms with van der Waals surface area (Å²) in [6.45, 7) is 3.55.